The molecular formula is C11H15N3O6S. The van der Waals surface area contributed by atoms with E-state index in [1.807, 2.05) is 0 Å². The van der Waals surface area contributed by atoms with Crippen LogP contribution >= 0.6 is 0 Å². The average molecular weight is 317 g/mol. The van der Waals surface area contributed by atoms with Crippen LogP contribution in [0.4, 0.5) is 5.69 Å². The van der Waals surface area contributed by atoms with Crippen LogP contribution in [0.25, 0.3) is 0 Å². The number of morpholine rings is 1. The number of hydrogen-bond donors (Lipinski definition) is 3. The van der Waals surface area contributed by atoms with Gasteiger partial charge in [0, 0.05) is 25.7 Å². The number of hydrogen-bond acceptors (Lipinski definition) is 7. The van der Waals surface area contributed by atoms with Gasteiger partial charge in [0.15, 0.2) is 5.75 Å². The third-order valence-electron chi connectivity index (χ3n) is 2.96. The highest BCUT2D eigenvalue weighted by molar-refractivity contribution is 7.89. The van der Waals surface area contributed by atoms with Crippen molar-refractivity contribution in [1.82, 2.24) is 10.0 Å². The van der Waals surface area contributed by atoms with Crippen LogP contribution in [0, 0.1) is 10.1 Å². The normalized spacial score (nSPS) is 19.3. The Kier molecular flexibility index (Phi) is 4.73. The summed E-state index contributed by atoms with van der Waals surface area (Å²) < 4.78 is 31.8. The number of nitrogens with zero attached hydrogens (tertiary/aromatic N) is 1. The van der Waals surface area contributed by atoms with Crippen molar-refractivity contribution in [2.24, 2.45) is 0 Å². The van der Waals surface area contributed by atoms with E-state index in [2.05, 4.69) is 10.0 Å². The number of ether oxygens (including phenoxy) is 1. The van der Waals surface area contributed by atoms with Crippen molar-refractivity contribution in [2.75, 3.05) is 26.2 Å². The summed E-state index contributed by atoms with van der Waals surface area (Å²) in [5.41, 5.74) is -0.659. The summed E-state index contributed by atoms with van der Waals surface area (Å²) >= 11 is 0. The van der Waals surface area contributed by atoms with Gasteiger partial charge in [-0.05, 0) is 12.1 Å². The standard InChI is InChI=1S/C11H15N3O6S/c15-11-2-1-9(5-10(11)14(16)17)21(18,19)13-7-8-6-12-3-4-20-8/h1-2,5,8,12-13,15H,3-4,6-7H2. The Morgan fingerprint density at radius 3 is 2.90 bits per heavy atom. The van der Waals surface area contributed by atoms with Gasteiger partial charge in [-0.15, -0.1) is 0 Å². The number of nitro benzene ring substituents is 1. The van der Waals surface area contributed by atoms with Gasteiger partial charge in [-0.3, -0.25) is 10.1 Å². The van der Waals surface area contributed by atoms with E-state index in [-0.39, 0.29) is 17.5 Å². The van der Waals surface area contributed by atoms with E-state index in [0.717, 1.165) is 18.2 Å². The molecule has 1 atom stereocenters. The van der Waals surface area contributed by atoms with Crippen molar-refractivity contribution in [3.8, 4) is 5.75 Å². The Labute approximate surface area is 121 Å². The molecule has 0 aromatic heterocycles. The number of nitro groups is 1. The molecule has 1 fully saturated rings. The van der Waals surface area contributed by atoms with Gasteiger partial charge in [0.2, 0.25) is 10.0 Å². The number of benzene rings is 1. The number of nitrogens with one attached hydrogen (secondary N) is 2. The van der Waals surface area contributed by atoms with Gasteiger partial charge in [0.1, 0.15) is 0 Å². The average Bonchev–Trinajstić information content (AvgIpc) is 2.46. The molecule has 116 valence electrons. The molecule has 2 rings (SSSR count). The van der Waals surface area contributed by atoms with Gasteiger partial charge in [-0.1, -0.05) is 0 Å². The maximum Gasteiger partial charge on any atom is 0.312 e. The number of aromatic hydroxyl groups is 1. The van der Waals surface area contributed by atoms with Crippen LogP contribution in [-0.4, -0.2) is 50.8 Å². The lowest BCUT2D eigenvalue weighted by molar-refractivity contribution is -0.386. The Morgan fingerprint density at radius 2 is 2.29 bits per heavy atom. The fourth-order valence-electron chi connectivity index (χ4n) is 1.85. The summed E-state index contributed by atoms with van der Waals surface area (Å²) in [5, 5.41) is 23.1. The highest BCUT2D eigenvalue weighted by atomic mass is 32.2. The first kappa shape index (κ1) is 15.6. The van der Waals surface area contributed by atoms with Gasteiger partial charge in [-0.25, -0.2) is 13.1 Å². The second kappa shape index (κ2) is 6.35. The molecule has 10 heteroatoms. The fraction of sp³-hybridized carbons (Fsp3) is 0.455. The number of phenolic OH excluding ortho intramolecular Hbond substituents is 1. The quantitative estimate of drug-likeness (QED) is 0.496. The number of sulfonamides is 1. The van der Waals surface area contributed by atoms with Crippen LogP contribution in [0.15, 0.2) is 23.1 Å². The van der Waals surface area contributed by atoms with Gasteiger partial charge in [0.05, 0.1) is 22.5 Å². The topological polar surface area (TPSA) is 131 Å². The molecule has 0 radical (unpaired) electrons. The zero-order valence-electron chi connectivity index (χ0n) is 11.0. The summed E-state index contributed by atoms with van der Waals surface area (Å²) in [6.45, 7) is 1.80. The summed E-state index contributed by atoms with van der Waals surface area (Å²) in [6.07, 6.45) is -0.291. The molecule has 0 bridgehead atoms. The van der Waals surface area contributed by atoms with Crippen LogP contribution in [0.2, 0.25) is 0 Å². The molecule has 1 unspecified atom stereocenters. The molecule has 21 heavy (non-hydrogen) atoms. The molecule has 1 saturated heterocycles. The Balaban J connectivity index is 2.11. The van der Waals surface area contributed by atoms with Crippen LogP contribution in [0.1, 0.15) is 0 Å². The maximum atomic E-state index is 12.1. The summed E-state index contributed by atoms with van der Waals surface area (Å²) in [4.78, 5) is 9.58. The highest BCUT2D eigenvalue weighted by Gasteiger charge is 2.23. The Morgan fingerprint density at radius 1 is 1.52 bits per heavy atom. The fourth-order valence-corrected chi connectivity index (χ4v) is 2.94. The number of phenols is 1. The molecule has 1 aliphatic rings. The predicted molar refractivity (Wildman–Crippen MR) is 72.6 cm³/mol. The molecule has 0 saturated carbocycles. The molecule has 1 aliphatic heterocycles. The summed E-state index contributed by atoms with van der Waals surface area (Å²) in [5.74, 6) is -0.584. The Bertz CT molecular complexity index is 627. The van der Waals surface area contributed by atoms with E-state index in [1.54, 1.807) is 0 Å². The summed E-state index contributed by atoms with van der Waals surface area (Å²) in [7, 11) is -3.91. The van der Waals surface area contributed by atoms with Gasteiger partial charge in [0.25, 0.3) is 0 Å². The molecule has 1 heterocycles. The van der Waals surface area contributed by atoms with Crippen LogP contribution in [0.5, 0.6) is 5.75 Å². The van der Waals surface area contributed by atoms with Crippen LogP contribution < -0.4 is 10.0 Å². The first-order chi connectivity index (χ1) is 9.90. The molecule has 9 nitrogen and oxygen atoms in total. The lowest BCUT2D eigenvalue weighted by Crippen LogP contribution is -2.45. The first-order valence-corrected chi connectivity index (χ1v) is 7.68. The molecule has 0 amide bonds. The molecule has 0 spiro atoms. The summed E-state index contributed by atoms with van der Waals surface area (Å²) in [6, 6.07) is 2.90. The van der Waals surface area contributed by atoms with Crippen LogP contribution in [-0.2, 0) is 14.8 Å². The van der Waals surface area contributed by atoms with E-state index < -0.39 is 26.4 Å². The number of rotatable bonds is 5. The van der Waals surface area contributed by atoms with E-state index in [1.165, 1.54) is 0 Å². The third kappa shape index (κ3) is 3.88. The molecule has 3 N–H and O–H groups in total. The van der Waals surface area contributed by atoms with Gasteiger partial charge >= 0.3 is 5.69 Å². The van der Waals surface area contributed by atoms with Crippen molar-refractivity contribution in [3.63, 3.8) is 0 Å². The molecular weight excluding hydrogens is 302 g/mol. The van der Waals surface area contributed by atoms with E-state index in [0.29, 0.717) is 19.7 Å². The van der Waals surface area contributed by atoms with Gasteiger partial charge in [-0.2, -0.15) is 0 Å². The van der Waals surface area contributed by atoms with Crippen molar-refractivity contribution >= 4 is 15.7 Å². The third-order valence-corrected chi connectivity index (χ3v) is 4.38. The van der Waals surface area contributed by atoms with Crippen molar-refractivity contribution < 1.29 is 23.2 Å². The van der Waals surface area contributed by atoms with Crippen molar-refractivity contribution in [1.29, 1.82) is 0 Å². The lowest BCUT2D eigenvalue weighted by Gasteiger charge is -2.23. The zero-order valence-corrected chi connectivity index (χ0v) is 11.8. The minimum atomic E-state index is -3.91. The SMILES string of the molecule is O=[N+]([O-])c1cc(S(=O)(=O)NCC2CNCCO2)ccc1O. The van der Waals surface area contributed by atoms with E-state index in [9.17, 15) is 23.6 Å². The minimum Gasteiger partial charge on any atom is -0.502 e. The first-order valence-electron chi connectivity index (χ1n) is 6.19. The largest absolute Gasteiger partial charge is 0.502 e. The predicted octanol–water partition coefficient (Wildman–Crippen LogP) is -0.433. The van der Waals surface area contributed by atoms with Crippen LogP contribution in [0.3, 0.4) is 0 Å². The second-order valence-electron chi connectivity index (χ2n) is 4.46. The molecule has 1 aromatic carbocycles. The van der Waals surface area contributed by atoms with E-state index >= 15 is 0 Å². The van der Waals surface area contributed by atoms with Gasteiger partial charge < -0.3 is 15.2 Å². The molecule has 0 aliphatic carbocycles. The highest BCUT2D eigenvalue weighted by Crippen LogP contribution is 2.28. The van der Waals surface area contributed by atoms with Crippen molar-refractivity contribution in [3.05, 3.63) is 28.3 Å². The monoisotopic (exact) mass is 317 g/mol. The van der Waals surface area contributed by atoms with E-state index in [4.69, 9.17) is 4.74 Å². The Hall–Kier alpha value is -1.75. The minimum absolute atomic E-state index is 0.0595. The smallest absolute Gasteiger partial charge is 0.312 e. The molecule has 1 aromatic rings. The lowest BCUT2D eigenvalue weighted by atomic mass is 10.3. The second-order valence-corrected chi connectivity index (χ2v) is 6.22. The zero-order chi connectivity index (χ0) is 15.5. The van der Waals surface area contributed by atoms with Crippen molar-refractivity contribution in [2.45, 2.75) is 11.0 Å². The maximum absolute atomic E-state index is 12.1.